The van der Waals surface area contributed by atoms with Crippen molar-refractivity contribution >= 4 is 29.9 Å². The van der Waals surface area contributed by atoms with Crippen LogP contribution in [0.4, 0.5) is 0 Å². The minimum Gasteiger partial charge on any atom is -0.497 e. The smallest absolute Gasteiger partial charge is 0.191 e. The molecule has 0 amide bonds. The van der Waals surface area contributed by atoms with Gasteiger partial charge in [-0.2, -0.15) is 0 Å². The second kappa shape index (κ2) is 11.7. The van der Waals surface area contributed by atoms with Gasteiger partial charge in [0.1, 0.15) is 5.75 Å². The Morgan fingerprint density at radius 3 is 2.46 bits per heavy atom. The largest absolute Gasteiger partial charge is 0.497 e. The summed E-state index contributed by atoms with van der Waals surface area (Å²) in [7, 11) is 3.47. The lowest BCUT2D eigenvalue weighted by atomic mass is 10.1. The van der Waals surface area contributed by atoms with Crippen molar-refractivity contribution in [2.75, 3.05) is 20.7 Å². The van der Waals surface area contributed by atoms with Crippen molar-refractivity contribution in [2.45, 2.75) is 19.4 Å². The number of benzene rings is 2. The molecule has 0 aliphatic carbocycles. The van der Waals surface area contributed by atoms with Gasteiger partial charge in [-0.3, -0.25) is 4.99 Å². The quantitative estimate of drug-likeness (QED) is 0.300. The fourth-order valence-electron chi connectivity index (χ4n) is 2.33. The van der Waals surface area contributed by atoms with Gasteiger partial charge < -0.3 is 15.4 Å². The summed E-state index contributed by atoms with van der Waals surface area (Å²) in [6, 6.07) is 18.6. The second-order valence-corrected chi connectivity index (χ2v) is 5.29. The summed E-state index contributed by atoms with van der Waals surface area (Å²) in [5.74, 6) is 1.69. The lowest BCUT2D eigenvalue weighted by molar-refractivity contribution is 0.414. The Morgan fingerprint density at radius 1 is 1.00 bits per heavy atom. The van der Waals surface area contributed by atoms with Crippen LogP contribution in [0.5, 0.6) is 5.75 Å². The van der Waals surface area contributed by atoms with E-state index in [-0.39, 0.29) is 24.0 Å². The van der Waals surface area contributed by atoms with Crippen LogP contribution >= 0.6 is 24.0 Å². The number of aliphatic imine (C=N–C) groups is 1. The molecule has 0 spiro atoms. The third-order valence-electron chi connectivity index (χ3n) is 3.60. The molecule has 0 aliphatic rings. The van der Waals surface area contributed by atoms with Crippen LogP contribution in [0, 0.1) is 0 Å². The average Bonchev–Trinajstić information content (AvgIpc) is 2.62. The van der Waals surface area contributed by atoms with Crippen molar-refractivity contribution in [3.05, 3.63) is 65.7 Å². The second-order valence-electron chi connectivity index (χ2n) is 5.29. The molecule has 0 radical (unpaired) electrons. The van der Waals surface area contributed by atoms with Gasteiger partial charge in [-0.25, -0.2) is 0 Å². The summed E-state index contributed by atoms with van der Waals surface area (Å²) in [4.78, 5) is 4.25. The van der Waals surface area contributed by atoms with E-state index in [2.05, 4.69) is 46.0 Å². The Hall–Kier alpha value is -1.76. The first-order valence-electron chi connectivity index (χ1n) is 7.93. The van der Waals surface area contributed by atoms with E-state index in [0.717, 1.165) is 43.2 Å². The van der Waals surface area contributed by atoms with Gasteiger partial charge in [0.2, 0.25) is 0 Å². The normalized spacial score (nSPS) is 10.7. The molecule has 0 aromatic heterocycles. The van der Waals surface area contributed by atoms with Crippen molar-refractivity contribution in [3.8, 4) is 5.75 Å². The van der Waals surface area contributed by atoms with E-state index in [4.69, 9.17) is 4.74 Å². The van der Waals surface area contributed by atoms with E-state index < -0.39 is 0 Å². The highest BCUT2D eigenvalue weighted by atomic mass is 127. The van der Waals surface area contributed by atoms with E-state index in [1.54, 1.807) is 14.2 Å². The van der Waals surface area contributed by atoms with E-state index in [9.17, 15) is 0 Å². The molecule has 2 aromatic carbocycles. The maximum Gasteiger partial charge on any atom is 0.191 e. The number of halogens is 1. The molecular formula is C19H26IN3O. The molecule has 5 heteroatoms. The maximum atomic E-state index is 5.24. The third kappa shape index (κ3) is 7.21. The lowest BCUT2D eigenvalue weighted by Gasteiger charge is -2.12. The molecule has 2 N–H and O–H groups in total. The standard InChI is InChI=1S/C19H25N3O.HI/c1-20-19(21-13-7-11-16-8-4-3-5-9-16)22-15-17-10-6-12-18(14-17)23-2;/h3-6,8-10,12,14H,7,11,13,15H2,1-2H3,(H2,20,21,22);1H. The molecule has 4 nitrogen and oxygen atoms in total. The van der Waals surface area contributed by atoms with Crippen LogP contribution in [0.1, 0.15) is 17.5 Å². The maximum absolute atomic E-state index is 5.24. The number of hydrogen-bond acceptors (Lipinski definition) is 2. The first kappa shape index (κ1) is 20.3. The van der Waals surface area contributed by atoms with Gasteiger partial charge in [-0.1, -0.05) is 42.5 Å². The van der Waals surface area contributed by atoms with E-state index >= 15 is 0 Å². The molecule has 24 heavy (non-hydrogen) atoms. The predicted molar refractivity (Wildman–Crippen MR) is 111 cm³/mol. The minimum absolute atomic E-state index is 0. The first-order valence-corrected chi connectivity index (χ1v) is 7.93. The monoisotopic (exact) mass is 439 g/mol. The summed E-state index contributed by atoms with van der Waals surface area (Å²) in [5, 5.41) is 6.67. The number of rotatable bonds is 7. The molecule has 0 atom stereocenters. The highest BCUT2D eigenvalue weighted by Crippen LogP contribution is 2.12. The average molecular weight is 439 g/mol. The van der Waals surface area contributed by atoms with Gasteiger partial charge in [-0.05, 0) is 36.1 Å². The third-order valence-corrected chi connectivity index (χ3v) is 3.60. The summed E-state index contributed by atoms with van der Waals surface area (Å²) in [6.45, 7) is 1.61. The minimum atomic E-state index is 0. The molecule has 0 unspecified atom stereocenters. The first-order chi connectivity index (χ1) is 11.3. The predicted octanol–water partition coefficient (Wildman–Crippen LogP) is 3.61. The van der Waals surface area contributed by atoms with Gasteiger partial charge in [0.05, 0.1) is 7.11 Å². The molecule has 0 saturated heterocycles. The van der Waals surface area contributed by atoms with Crippen molar-refractivity contribution in [3.63, 3.8) is 0 Å². The van der Waals surface area contributed by atoms with Crippen LogP contribution in [-0.2, 0) is 13.0 Å². The van der Waals surface area contributed by atoms with E-state index in [1.807, 2.05) is 24.3 Å². The Bertz CT molecular complexity index is 617. The number of aryl methyl sites for hydroxylation is 1. The molecule has 0 saturated carbocycles. The van der Waals surface area contributed by atoms with Gasteiger partial charge in [-0.15, -0.1) is 24.0 Å². The Kier molecular flexibility index (Phi) is 9.91. The lowest BCUT2D eigenvalue weighted by Crippen LogP contribution is -2.37. The SMILES string of the molecule is CN=C(NCCCc1ccccc1)NCc1cccc(OC)c1.I. The Morgan fingerprint density at radius 2 is 1.75 bits per heavy atom. The Labute approximate surface area is 161 Å². The Balaban J connectivity index is 0.00000288. The van der Waals surface area contributed by atoms with Gasteiger partial charge in [0, 0.05) is 20.1 Å². The fraction of sp³-hybridized carbons (Fsp3) is 0.316. The summed E-state index contributed by atoms with van der Waals surface area (Å²) >= 11 is 0. The van der Waals surface area contributed by atoms with Crippen LogP contribution < -0.4 is 15.4 Å². The van der Waals surface area contributed by atoms with E-state index in [1.165, 1.54) is 5.56 Å². The summed E-state index contributed by atoms with van der Waals surface area (Å²) in [6.07, 6.45) is 2.14. The highest BCUT2D eigenvalue weighted by molar-refractivity contribution is 14.0. The highest BCUT2D eigenvalue weighted by Gasteiger charge is 2.00. The van der Waals surface area contributed by atoms with Crippen molar-refractivity contribution in [1.82, 2.24) is 10.6 Å². The van der Waals surface area contributed by atoms with Gasteiger partial charge in [0.25, 0.3) is 0 Å². The van der Waals surface area contributed by atoms with Crippen molar-refractivity contribution < 1.29 is 4.74 Å². The van der Waals surface area contributed by atoms with Crippen LogP contribution in [0.3, 0.4) is 0 Å². The van der Waals surface area contributed by atoms with E-state index in [0.29, 0.717) is 0 Å². The van der Waals surface area contributed by atoms with Crippen molar-refractivity contribution in [2.24, 2.45) is 4.99 Å². The number of nitrogens with zero attached hydrogens (tertiary/aromatic N) is 1. The molecular weight excluding hydrogens is 413 g/mol. The molecule has 0 fully saturated rings. The van der Waals surface area contributed by atoms with Crippen LogP contribution in [0.25, 0.3) is 0 Å². The molecule has 2 aromatic rings. The molecule has 0 bridgehead atoms. The number of ether oxygens (including phenoxy) is 1. The van der Waals surface area contributed by atoms with Crippen LogP contribution in [0.2, 0.25) is 0 Å². The number of methoxy groups -OCH3 is 1. The number of guanidine groups is 1. The molecule has 130 valence electrons. The fourth-order valence-corrected chi connectivity index (χ4v) is 2.33. The summed E-state index contributed by atoms with van der Waals surface area (Å²) in [5.41, 5.74) is 2.53. The molecule has 0 aliphatic heterocycles. The molecule has 0 heterocycles. The number of hydrogen-bond donors (Lipinski definition) is 2. The van der Waals surface area contributed by atoms with Crippen molar-refractivity contribution in [1.29, 1.82) is 0 Å². The van der Waals surface area contributed by atoms with Gasteiger partial charge in [0.15, 0.2) is 5.96 Å². The molecule has 2 rings (SSSR count). The summed E-state index contributed by atoms with van der Waals surface area (Å²) < 4.78 is 5.24. The topological polar surface area (TPSA) is 45.7 Å². The zero-order valence-corrected chi connectivity index (χ0v) is 16.6. The zero-order valence-electron chi connectivity index (χ0n) is 14.3. The zero-order chi connectivity index (χ0) is 16.3. The van der Waals surface area contributed by atoms with Crippen LogP contribution in [-0.4, -0.2) is 26.7 Å². The number of nitrogens with one attached hydrogen (secondary N) is 2. The van der Waals surface area contributed by atoms with Crippen LogP contribution in [0.15, 0.2) is 59.6 Å². The van der Waals surface area contributed by atoms with Gasteiger partial charge >= 0.3 is 0 Å².